The number of pyridine rings is 2. The number of benzene rings is 1. The van der Waals surface area contributed by atoms with Gasteiger partial charge in [0.1, 0.15) is 5.75 Å². The zero-order valence-corrected chi connectivity index (χ0v) is 10.5. The second-order valence-corrected chi connectivity index (χ2v) is 4.25. The normalized spacial score (nSPS) is 10.6. The maximum absolute atomic E-state index is 5.98. The number of para-hydroxylation sites is 1. The van der Waals surface area contributed by atoms with Gasteiger partial charge in [-0.1, -0.05) is 12.1 Å². The summed E-state index contributed by atoms with van der Waals surface area (Å²) >= 11 is 0. The molecular weight excluding hydrogens is 238 g/mol. The van der Waals surface area contributed by atoms with Gasteiger partial charge >= 0.3 is 0 Å². The molecule has 0 aliphatic carbocycles. The van der Waals surface area contributed by atoms with E-state index >= 15 is 0 Å². The van der Waals surface area contributed by atoms with E-state index in [2.05, 4.69) is 9.97 Å². The van der Waals surface area contributed by atoms with E-state index in [0.29, 0.717) is 17.2 Å². The second-order valence-electron chi connectivity index (χ2n) is 4.25. The van der Waals surface area contributed by atoms with Crippen molar-refractivity contribution in [3.8, 4) is 11.5 Å². The van der Waals surface area contributed by atoms with E-state index in [9.17, 15) is 0 Å². The highest BCUT2D eigenvalue weighted by Gasteiger charge is 2.10. The Morgan fingerprint density at radius 3 is 2.74 bits per heavy atom. The fourth-order valence-corrected chi connectivity index (χ4v) is 1.93. The van der Waals surface area contributed by atoms with Crippen LogP contribution in [0.15, 0.2) is 48.8 Å². The van der Waals surface area contributed by atoms with Crippen molar-refractivity contribution in [2.45, 2.75) is 6.92 Å². The molecular formula is C15H13N3O. The predicted octanol–water partition coefficient (Wildman–Crippen LogP) is 3.31. The molecule has 0 atom stereocenters. The van der Waals surface area contributed by atoms with E-state index < -0.39 is 0 Å². The van der Waals surface area contributed by atoms with E-state index in [0.717, 1.165) is 16.6 Å². The van der Waals surface area contributed by atoms with E-state index in [1.54, 1.807) is 12.4 Å². The van der Waals surface area contributed by atoms with Gasteiger partial charge in [-0.15, -0.1) is 0 Å². The van der Waals surface area contributed by atoms with Crippen LogP contribution in [0.1, 0.15) is 5.69 Å². The molecule has 0 radical (unpaired) electrons. The van der Waals surface area contributed by atoms with Crippen LogP contribution in [-0.2, 0) is 0 Å². The average Bonchev–Trinajstić information content (AvgIpc) is 2.44. The van der Waals surface area contributed by atoms with Crippen molar-refractivity contribution in [3.63, 3.8) is 0 Å². The number of ether oxygens (including phenoxy) is 1. The maximum Gasteiger partial charge on any atom is 0.161 e. The minimum absolute atomic E-state index is 0.516. The molecule has 2 heterocycles. The number of hydrogen-bond acceptors (Lipinski definition) is 4. The van der Waals surface area contributed by atoms with Crippen molar-refractivity contribution >= 4 is 16.6 Å². The first-order valence-corrected chi connectivity index (χ1v) is 5.98. The number of nitrogen functional groups attached to an aromatic ring is 1. The van der Waals surface area contributed by atoms with Crippen LogP contribution in [0, 0.1) is 6.92 Å². The molecule has 0 bridgehead atoms. The number of nitrogens with two attached hydrogens (primary N) is 1. The molecule has 0 fully saturated rings. The molecule has 0 saturated heterocycles. The summed E-state index contributed by atoms with van der Waals surface area (Å²) in [5.74, 6) is 1.33. The third-order valence-electron chi connectivity index (χ3n) is 2.92. The van der Waals surface area contributed by atoms with Crippen molar-refractivity contribution in [1.29, 1.82) is 0 Å². The molecule has 3 aromatic rings. The summed E-state index contributed by atoms with van der Waals surface area (Å²) in [5.41, 5.74) is 8.17. The molecule has 4 nitrogen and oxygen atoms in total. The number of aryl methyl sites for hydroxylation is 1. The molecule has 0 saturated carbocycles. The van der Waals surface area contributed by atoms with Crippen molar-refractivity contribution in [2.24, 2.45) is 0 Å². The Bertz CT molecular complexity index is 740. The predicted molar refractivity (Wildman–Crippen MR) is 75.2 cm³/mol. The van der Waals surface area contributed by atoms with Gasteiger partial charge in [0.2, 0.25) is 0 Å². The molecule has 2 aromatic heterocycles. The minimum atomic E-state index is 0.516. The van der Waals surface area contributed by atoms with Crippen LogP contribution < -0.4 is 10.5 Å². The van der Waals surface area contributed by atoms with Gasteiger partial charge in [0, 0.05) is 11.6 Å². The van der Waals surface area contributed by atoms with E-state index in [1.165, 1.54) is 0 Å². The monoisotopic (exact) mass is 251 g/mol. The van der Waals surface area contributed by atoms with Crippen LogP contribution in [0.3, 0.4) is 0 Å². The Labute approximate surface area is 110 Å². The number of anilines is 1. The minimum Gasteiger partial charge on any atom is -0.453 e. The maximum atomic E-state index is 5.98. The first-order valence-electron chi connectivity index (χ1n) is 5.98. The van der Waals surface area contributed by atoms with Crippen LogP contribution in [0.5, 0.6) is 11.5 Å². The lowest BCUT2D eigenvalue weighted by Crippen LogP contribution is -1.96. The van der Waals surface area contributed by atoms with E-state index in [1.807, 2.05) is 43.3 Å². The summed E-state index contributed by atoms with van der Waals surface area (Å²) in [6.07, 6.45) is 3.35. The zero-order chi connectivity index (χ0) is 13.2. The molecule has 94 valence electrons. The lowest BCUT2D eigenvalue weighted by Gasteiger charge is -2.12. The van der Waals surface area contributed by atoms with Gasteiger partial charge in [-0.2, -0.15) is 0 Å². The summed E-state index contributed by atoms with van der Waals surface area (Å²) in [5, 5.41) is 0.894. The molecule has 19 heavy (non-hydrogen) atoms. The number of hydrogen-bond donors (Lipinski definition) is 1. The molecule has 0 aliphatic rings. The van der Waals surface area contributed by atoms with Gasteiger partial charge in [-0.05, 0) is 31.2 Å². The van der Waals surface area contributed by atoms with Gasteiger partial charge in [0.25, 0.3) is 0 Å². The SMILES string of the molecule is Cc1ncccc1Oc1c(N)cnc2ccccc12. The van der Waals surface area contributed by atoms with Crippen LogP contribution in [0.2, 0.25) is 0 Å². The number of rotatable bonds is 2. The molecule has 0 spiro atoms. The zero-order valence-electron chi connectivity index (χ0n) is 10.5. The first-order chi connectivity index (χ1) is 9.25. The quantitative estimate of drug-likeness (QED) is 0.759. The molecule has 1 aromatic carbocycles. The molecule has 0 amide bonds. The molecule has 0 unspecified atom stereocenters. The topological polar surface area (TPSA) is 61.0 Å². The number of nitrogens with zero attached hydrogens (tertiary/aromatic N) is 2. The Kier molecular flexibility index (Phi) is 2.76. The summed E-state index contributed by atoms with van der Waals surface area (Å²) < 4.78 is 5.93. The van der Waals surface area contributed by atoms with Crippen molar-refractivity contribution in [1.82, 2.24) is 9.97 Å². The van der Waals surface area contributed by atoms with Crippen molar-refractivity contribution in [3.05, 3.63) is 54.5 Å². The second kappa shape index (κ2) is 4.57. The average molecular weight is 251 g/mol. The van der Waals surface area contributed by atoms with Gasteiger partial charge in [0.05, 0.1) is 23.1 Å². The summed E-state index contributed by atoms with van der Waals surface area (Å²) in [6.45, 7) is 1.90. The van der Waals surface area contributed by atoms with E-state index in [4.69, 9.17) is 10.5 Å². The Hall–Kier alpha value is -2.62. The van der Waals surface area contributed by atoms with E-state index in [-0.39, 0.29) is 0 Å². The van der Waals surface area contributed by atoms with Crippen LogP contribution in [0.25, 0.3) is 10.9 Å². The summed E-state index contributed by atoms with van der Waals surface area (Å²) in [4.78, 5) is 8.49. The summed E-state index contributed by atoms with van der Waals surface area (Å²) in [6, 6.07) is 11.5. The Morgan fingerprint density at radius 1 is 1.05 bits per heavy atom. The van der Waals surface area contributed by atoms with Crippen molar-refractivity contribution in [2.75, 3.05) is 5.73 Å². The fourth-order valence-electron chi connectivity index (χ4n) is 1.93. The Morgan fingerprint density at radius 2 is 1.89 bits per heavy atom. The van der Waals surface area contributed by atoms with Gasteiger partial charge < -0.3 is 10.5 Å². The number of aromatic nitrogens is 2. The lowest BCUT2D eigenvalue weighted by molar-refractivity contribution is 0.483. The molecule has 0 aliphatic heterocycles. The Balaban J connectivity index is 2.15. The van der Waals surface area contributed by atoms with Gasteiger partial charge in [-0.3, -0.25) is 9.97 Å². The largest absolute Gasteiger partial charge is 0.453 e. The van der Waals surface area contributed by atoms with Gasteiger partial charge in [-0.25, -0.2) is 0 Å². The van der Waals surface area contributed by atoms with Crippen molar-refractivity contribution < 1.29 is 4.74 Å². The third kappa shape index (κ3) is 2.08. The molecule has 2 N–H and O–H groups in total. The lowest BCUT2D eigenvalue weighted by atomic mass is 10.2. The molecule has 4 heteroatoms. The van der Waals surface area contributed by atoms with Gasteiger partial charge in [0.15, 0.2) is 5.75 Å². The number of fused-ring (bicyclic) bond motifs is 1. The van der Waals surface area contributed by atoms with Crippen LogP contribution in [0.4, 0.5) is 5.69 Å². The fraction of sp³-hybridized carbons (Fsp3) is 0.0667. The standard InChI is InChI=1S/C15H13N3O/c1-10-14(7-4-8-17-10)19-15-11-5-2-3-6-13(11)18-9-12(15)16/h2-9H,16H2,1H3. The smallest absolute Gasteiger partial charge is 0.161 e. The highest BCUT2D eigenvalue weighted by molar-refractivity contribution is 5.89. The third-order valence-corrected chi connectivity index (χ3v) is 2.92. The first kappa shape index (κ1) is 11.5. The molecule has 3 rings (SSSR count). The highest BCUT2D eigenvalue weighted by Crippen LogP contribution is 2.34. The van der Waals surface area contributed by atoms with Crippen LogP contribution in [-0.4, -0.2) is 9.97 Å². The van der Waals surface area contributed by atoms with Crippen LogP contribution >= 0.6 is 0 Å². The highest BCUT2D eigenvalue weighted by atomic mass is 16.5. The summed E-state index contributed by atoms with van der Waals surface area (Å²) in [7, 11) is 0.